The molecule has 0 spiro atoms. The van der Waals surface area contributed by atoms with Crippen molar-refractivity contribution in [3.05, 3.63) is 34.9 Å². The van der Waals surface area contributed by atoms with Gasteiger partial charge in [0.1, 0.15) is 0 Å². The van der Waals surface area contributed by atoms with Gasteiger partial charge < -0.3 is 10.2 Å². The first kappa shape index (κ1) is 17.8. The highest BCUT2D eigenvalue weighted by Gasteiger charge is 2.26. The molecular weight excluding hydrogens is 312 g/mol. The van der Waals surface area contributed by atoms with E-state index in [0.29, 0.717) is 30.1 Å². The second-order valence-corrected chi connectivity index (χ2v) is 7.76. The van der Waals surface area contributed by atoms with Crippen LogP contribution in [0.4, 0.5) is 0 Å². The predicted octanol–water partition coefficient (Wildman–Crippen LogP) is 3.50. The zero-order valence-electron chi connectivity index (χ0n) is 14.1. The summed E-state index contributed by atoms with van der Waals surface area (Å²) in [5, 5.41) is 3.57. The minimum atomic E-state index is -0.0323. The van der Waals surface area contributed by atoms with E-state index in [1.807, 2.05) is 17.0 Å². The van der Waals surface area contributed by atoms with Crippen molar-refractivity contribution in [2.24, 2.45) is 5.41 Å². The third kappa shape index (κ3) is 5.24. The van der Waals surface area contributed by atoms with Crippen LogP contribution in [0.2, 0.25) is 5.02 Å². The number of nitrogens with one attached hydrogen (secondary N) is 1. The fraction of sp³-hybridized carbons (Fsp3) is 0.556. The molecule has 1 heterocycles. The van der Waals surface area contributed by atoms with E-state index in [0.717, 1.165) is 12.8 Å². The predicted molar refractivity (Wildman–Crippen MR) is 92.6 cm³/mol. The van der Waals surface area contributed by atoms with Gasteiger partial charge in [-0.15, -0.1) is 0 Å². The molecule has 1 aromatic carbocycles. The lowest BCUT2D eigenvalue weighted by molar-refractivity contribution is -0.123. The van der Waals surface area contributed by atoms with Crippen LogP contribution in [-0.2, 0) is 4.79 Å². The molecule has 126 valence electrons. The zero-order chi connectivity index (χ0) is 17.0. The molecule has 1 aromatic rings. The summed E-state index contributed by atoms with van der Waals surface area (Å²) in [7, 11) is 0. The van der Waals surface area contributed by atoms with Gasteiger partial charge in [-0.2, -0.15) is 0 Å². The minimum absolute atomic E-state index is 0.00912. The van der Waals surface area contributed by atoms with Crippen LogP contribution >= 0.6 is 11.6 Å². The summed E-state index contributed by atoms with van der Waals surface area (Å²) < 4.78 is 0. The standard InChI is InChI=1S/C18H25ClN2O2/c1-18(2,3)12-16(22)20-13-8-10-21(11-9-13)17(23)14-6-4-5-7-15(14)19/h4-7,13H,8-12H2,1-3H3,(H,20,22). The lowest BCUT2D eigenvalue weighted by Gasteiger charge is -2.33. The van der Waals surface area contributed by atoms with Gasteiger partial charge in [0.25, 0.3) is 5.91 Å². The van der Waals surface area contributed by atoms with Gasteiger partial charge in [0.2, 0.25) is 5.91 Å². The van der Waals surface area contributed by atoms with E-state index in [1.165, 1.54) is 0 Å². The summed E-state index contributed by atoms with van der Waals surface area (Å²) in [6.45, 7) is 7.45. The van der Waals surface area contributed by atoms with E-state index in [2.05, 4.69) is 26.1 Å². The van der Waals surface area contributed by atoms with Gasteiger partial charge >= 0.3 is 0 Å². The van der Waals surface area contributed by atoms with Crippen molar-refractivity contribution in [1.82, 2.24) is 10.2 Å². The maximum absolute atomic E-state index is 12.5. The van der Waals surface area contributed by atoms with Crippen LogP contribution in [0.5, 0.6) is 0 Å². The van der Waals surface area contributed by atoms with Crippen LogP contribution in [0.25, 0.3) is 0 Å². The van der Waals surface area contributed by atoms with Crippen LogP contribution in [0.3, 0.4) is 0 Å². The second-order valence-electron chi connectivity index (χ2n) is 7.35. The first-order valence-electron chi connectivity index (χ1n) is 8.09. The number of hydrogen-bond donors (Lipinski definition) is 1. The Bertz CT molecular complexity index is 573. The Labute approximate surface area is 143 Å². The number of nitrogens with zero attached hydrogens (tertiary/aromatic N) is 1. The quantitative estimate of drug-likeness (QED) is 0.918. The largest absolute Gasteiger partial charge is 0.353 e. The summed E-state index contributed by atoms with van der Waals surface area (Å²) >= 11 is 6.09. The number of amides is 2. The SMILES string of the molecule is CC(C)(C)CC(=O)NC1CCN(C(=O)c2ccccc2Cl)CC1. The third-order valence-electron chi connectivity index (χ3n) is 3.94. The van der Waals surface area contributed by atoms with Crippen LogP contribution in [0, 0.1) is 5.41 Å². The van der Waals surface area contributed by atoms with Crippen LogP contribution in [0.15, 0.2) is 24.3 Å². The monoisotopic (exact) mass is 336 g/mol. The molecule has 0 unspecified atom stereocenters. The van der Waals surface area contributed by atoms with Gasteiger partial charge in [0.05, 0.1) is 10.6 Å². The number of hydrogen-bond acceptors (Lipinski definition) is 2. The van der Waals surface area contributed by atoms with E-state index in [9.17, 15) is 9.59 Å². The van der Waals surface area contributed by atoms with E-state index in [-0.39, 0.29) is 23.3 Å². The second kappa shape index (κ2) is 7.35. The molecule has 2 amide bonds. The molecule has 5 heteroatoms. The number of halogens is 1. The number of likely N-dealkylation sites (tertiary alicyclic amines) is 1. The Balaban J connectivity index is 1.85. The minimum Gasteiger partial charge on any atom is -0.353 e. The van der Waals surface area contributed by atoms with E-state index < -0.39 is 0 Å². The summed E-state index contributed by atoms with van der Waals surface area (Å²) in [6.07, 6.45) is 2.09. The molecule has 0 aromatic heterocycles. The smallest absolute Gasteiger partial charge is 0.255 e. The number of piperidine rings is 1. The van der Waals surface area contributed by atoms with Gasteiger partial charge in [-0.05, 0) is 30.4 Å². The van der Waals surface area contributed by atoms with Crippen molar-refractivity contribution in [1.29, 1.82) is 0 Å². The molecule has 0 bridgehead atoms. The summed E-state index contributed by atoms with van der Waals surface area (Å²) in [4.78, 5) is 26.3. The van der Waals surface area contributed by atoms with Crippen molar-refractivity contribution in [3.8, 4) is 0 Å². The Hall–Kier alpha value is -1.55. The summed E-state index contributed by atoms with van der Waals surface area (Å²) in [5.74, 6) is 0.0587. The van der Waals surface area contributed by atoms with Crippen molar-refractivity contribution < 1.29 is 9.59 Å². The fourth-order valence-electron chi connectivity index (χ4n) is 2.79. The highest BCUT2D eigenvalue weighted by molar-refractivity contribution is 6.33. The average Bonchev–Trinajstić information content (AvgIpc) is 2.46. The molecule has 0 saturated carbocycles. The molecule has 1 N–H and O–H groups in total. The topological polar surface area (TPSA) is 49.4 Å². The first-order valence-corrected chi connectivity index (χ1v) is 8.47. The Morgan fingerprint density at radius 1 is 1.22 bits per heavy atom. The van der Waals surface area contributed by atoms with Crippen molar-refractivity contribution in [2.75, 3.05) is 13.1 Å². The third-order valence-corrected chi connectivity index (χ3v) is 4.27. The Kier molecular flexibility index (Phi) is 5.69. The first-order chi connectivity index (χ1) is 10.8. The van der Waals surface area contributed by atoms with E-state index in [1.54, 1.807) is 12.1 Å². The molecule has 2 rings (SSSR count). The molecule has 0 atom stereocenters. The van der Waals surface area contributed by atoms with Crippen LogP contribution in [0.1, 0.15) is 50.4 Å². The average molecular weight is 337 g/mol. The number of carbonyl (C=O) groups is 2. The molecule has 1 fully saturated rings. The fourth-order valence-corrected chi connectivity index (χ4v) is 3.01. The normalized spacial score (nSPS) is 16.3. The number of carbonyl (C=O) groups excluding carboxylic acids is 2. The van der Waals surface area contributed by atoms with Crippen LogP contribution in [-0.4, -0.2) is 35.8 Å². The Morgan fingerprint density at radius 2 is 1.83 bits per heavy atom. The van der Waals surface area contributed by atoms with Crippen molar-refractivity contribution in [2.45, 2.75) is 46.1 Å². The highest BCUT2D eigenvalue weighted by atomic mass is 35.5. The number of rotatable bonds is 3. The van der Waals surface area contributed by atoms with E-state index >= 15 is 0 Å². The van der Waals surface area contributed by atoms with Crippen LogP contribution < -0.4 is 5.32 Å². The van der Waals surface area contributed by atoms with Gasteiger partial charge in [-0.1, -0.05) is 44.5 Å². The van der Waals surface area contributed by atoms with Gasteiger partial charge in [0, 0.05) is 25.6 Å². The maximum atomic E-state index is 12.5. The molecule has 0 aliphatic carbocycles. The van der Waals surface area contributed by atoms with Crippen molar-refractivity contribution >= 4 is 23.4 Å². The summed E-state index contributed by atoms with van der Waals surface area (Å²) in [6, 6.07) is 7.27. The molecule has 4 nitrogen and oxygen atoms in total. The molecule has 1 aliphatic heterocycles. The van der Waals surface area contributed by atoms with Gasteiger partial charge in [0.15, 0.2) is 0 Å². The molecule has 1 aliphatic rings. The van der Waals surface area contributed by atoms with Gasteiger partial charge in [-0.25, -0.2) is 0 Å². The molecular formula is C18H25ClN2O2. The highest BCUT2D eigenvalue weighted by Crippen LogP contribution is 2.21. The molecule has 23 heavy (non-hydrogen) atoms. The number of benzene rings is 1. The maximum Gasteiger partial charge on any atom is 0.255 e. The molecule has 0 radical (unpaired) electrons. The summed E-state index contributed by atoms with van der Waals surface area (Å²) in [5.41, 5.74) is 0.537. The Morgan fingerprint density at radius 3 is 2.39 bits per heavy atom. The van der Waals surface area contributed by atoms with Gasteiger partial charge in [-0.3, -0.25) is 9.59 Å². The van der Waals surface area contributed by atoms with Crippen molar-refractivity contribution in [3.63, 3.8) is 0 Å². The van der Waals surface area contributed by atoms with E-state index in [4.69, 9.17) is 11.6 Å². The molecule has 1 saturated heterocycles. The lowest BCUT2D eigenvalue weighted by atomic mass is 9.91. The zero-order valence-corrected chi connectivity index (χ0v) is 14.8. The lowest BCUT2D eigenvalue weighted by Crippen LogP contribution is -2.47.